The van der Waals surface area contributed by atoms with Gasteiger partial charge in [0.2, 0.25) is 0 Å². The maximum absolute atomic E-state index is 6.11. The Balaban J connectivity index is 2.09. The molecule has 0 saturated carbocycles. The van der Waals surface area contributed by atoms with E-state index in [1.165, 1.54) is 0 Å². The first kappa shape index (κ1) is 10.1. The minimum absolute atomic E-state index is 0.0191. The molecule has 1 heterocycles. The van der Waals surface area contributed by atoms with Gasteiger partial charge in [-0.3, -0.25) is 0 Å². The molecule has 0 aromatic heterocycles. The summed E-state index contributed by atoms with van der Waals surface area (Å²) in [4.78, 5) is 0. The SMILES string of the molecule is NC(c1ccc(Br)cc1)C1CCCO1. The Morgan fingerprint density at radius 2 is 2.07 bits per heavy atom. The minimum Gasteiger partial charge on any atom is -0.376 e. The number of halogens is 1. The van der Waals surface area contributed by atoms with E-state index in [1.807, 2.05) is 12.1 Å². The Morgan fingerprint density at radius 3 is 2.64 bits per heavy atom. The van der Waals surface area contributed by atoms with Crippen LogP contribution in [-0.4, -0.2) is 12.7 Å². The van der Waals surface area contributed by atoms with Crippen LogP contribution in [0.15, 0.2) is 28.7 Å². The number of ether oxygens (including phenoxy) is 1. The highest BCUT2D eigenvalue weighted by molar-refractivity contribution is 9.10. The number of benzene rings is 1. The fourth-order valence-corrected chi connectivity index (χ4v) is 2.05. The first-order valence-electron chi connectivity index (χ1n) is 4.90. The second kappa shape index (κ2) is 4.43. The molecule has 14 heavy (non-hydrogen) atoms. The highest BCUT2D eigenvalue weighted by Gasteiger charge is 2.23. The molecule has 2 nitrogen and oxygen atoms in total. The zero-order valence-electron chi connectivity index (χ0n) is 7.95. The third-order valence-corrected chi connectivity index (χ3v) is 3.15. The van der Waals surface area contributed by atoms with E-state index in [-0.39, 0.29) is 12.1 Å². The fraction of sp³-hybridized carbons (Fsp3) is 0.455. The predicted molar refractivity (Wildman–Crippen MR) is 60.0 cm³/mol. The quantitative estimate of drug-likeness (QED) is 0.882. The molecule has 76 valence electrons. The van der Waals surface area contributed by atoms with Crippen LogP contribution in [0.25, 0.3) is 0 Å². The third-order valence-electron chi connectivity index (χ3n) is 2.62. The number of hydrogen-bond acceptors (Lipinski definition) is 2. The van der Waals surface area contributed by atoms with Crippen LogP contribution in [0, 0.1) is 0 Å². The van der Waals surface area contributed by atoms with Gasteiger partial charge in [0.1, 0.15) is 0 Å². The second-order valence-corrected chi connectivity index (χ2v) is 4.54. The normalized spacial score (nSPS) is 23.7. The van der Waals surface area contributed by atoms with E-state index in [1.54, 1.807) is 0 Å². The average molecular weight is 256 g/mol. The van der Waals surface area contributed by atoms with E-state index < -0.39 is 0 Å². The van der Waals surface area contributed by atoms with Crippen molar-refractivity contribution in [1.82, 2.24) is 0 Å². The number of rotatable bonds is 2. The van der Waals surface area contributed by atoms with Crippen molar-refractivity contribution < 1.29 is 4.74 Å². The van der Waals surface area contributed by atoms with Gasteiger partial charge in [-0.2, -0.15) is 0 Å². The lowest BCUT2D eigenvalue weighted by atomic mass is 10.0. The molecule has 1 aliphatic rings. The topological polar surface area (TPSA) is 35.2 Å². The van der Waals surface area contributed by atoms with Crippen molar-refractivity contribution >= 4 is 15.9 Å². The van der Waals surface area contributed by atoms with E-state index in [9.17, 15) is 0 Å². The van der Waals surface area contributed by atoms with Gasteiger partial charge in [-0.15, -0.1) is 0 Å². The molecule has 1 saturated heterocycles. The van der Waals surface area contributed by atoms with Gasteiger partial charge in [-0.25, -0.2) is 0 Å². The third kappa shape index (κ3) is 2.16. The van der Waals surface area contributed by atoms with E-state index in [0.717, 1.165) is 29.5 Å². The fourth-order valence-electron chi connectivity index (χ4n) is 1.79. The van der Waals surface area contributed by atoms with Crippen LogP contribution in [0.1, 0.15) is 24.4 Å². The van der Waals surface area contributed by atoms with Crippen molar-refractivity contribution in [3.8, 4) is 0 Å². The summed E-state index contributed by atoms with van der Waals surface area (Å²) in [5, 5.41) is 0. The van der Waals surface area contributed by atoms with Crippen LogP contribution < -0.4 is 5.73 Å². The Hall–Kier alpha value is -0.380. The van der Waals surface area contributed by atoms with Crippen molar-refractivity contribution in [3.05, 3.63) is 34.3 Å². The van der Waals surface area contributed by atoms with Gasteiger partial charge in [-0.05, 0) is 30.5 Å². The largest absolute Gasteiger partial charge is 0.376 e. The van der Waals surface area contributed by atoms with Gasteiger partial charge in [0.25, 0.3) is 0 Å². The lowest BCUT2D eigenvalue weighted by Crippen LogP contribution is -2.25. The molecule has 1 aromatic rings. The summed E-state index contributed by atoms with van der Waals surface area (Å²) in [5.74, 6) is 0. The highest BCUT2D eigenvalue weighted by atomic mass is 79.9. The van der Waals surface area contributed by atoms with Gasteiger partial charge in [0.05, 0.1) is 12.1 Å². The van der Waals surface area contributed by atoms with Crippen LogP contribution in [0.5, 0.6) is 0 Å². The maximum Gasteiger partial charge on any atom is 0.0768 e. The van der Waals surface area contributed by atoms with E-state index in [2.05, 4.69) is 28.1 Å². The Kier molecular flexibility index (Phi) is 3.21. The Bertz CT molecular complexity index is 293. The van der Waals surface area contributed by atoms with Crippen LogP contribution in [-0.2, 0) is 4.74 Å². The number of hydrogen-bond donors (Lipinski definition) is 1. The van der Waals surface area contributed by atoms with E-state index >= 15 is 0 Å². The van der Waals surface area contributed by atoms with Crippen molar-refractivity contribution in [2.45, 2.75) is 25.0 Å². The summed E-state index contributed by atoms with van der Waals surface area (Å²) >= 11 is 3.41. The molecule has 1 fully saturated rings. The van der Waals surface area contributed by atoms with Crippen molar-refractivity contribution in [2.75, 3.05) is 6.61 Å². The van der Waals surface area contributed by atoms with Crippen molar-refractivity contribution in [1.29, 1.82) is 0 Å². The molecule has 0 amide bonds. The zero-order valence-corrected chi connectivity index (χ0v) is 9.53. The summed E-state index contributed by atoms with van der Waals surface area (Å²) < 4.78 is 6.65. The molecule has 1 aliphatic heterocycles. The highest BCUT2D eigenvalue weighted by Crippen LogP contribution is 2.25. The first-order chi connectivity index (χ1) is 6.77. The van der Waals surface area contributed by atoms with E-state index in [0.29, 0.717) is 0 Å². The van der Waals surface area contributed by atoms with Gasteiger partial charge < -0.3 is 10.5 Å². The second-order valence-electron chi connectivity index (χ2n) is 3.63. The Labute approximate surface area is 92.6 Å². The molecule has 0 radical (unpaired) electrons. The van der Waals surface area contributed by atoms with Crippen LogP contribution >= 0.6 is 15.9 Å². The zero-order chi connectivity index (χ0) is 9.97. The standard InChI is InChI=1S/C11H14BrNO/c12-9-5-3-8(4-6-9)11(13)10-2-1-7-14-10/h3-6,10-11H,1-2,7,13H2. The number of nitrogens with two attached hydrogens (primary N) is 1. The summed E-state index contributed by atoms with van der Waals surface area (Å²) in [7, 11) is 0. The van der Waals surface area contributed by atoms with Crippen LogP contribution in [0.4, 0.5) is 0 Å². The molecule has 2 rings (SSSR count). The molecule has 2 unspecified atom stereocenters. The first-order valence-corrected chi connectivity index (χ1v) is 5.69. The van der Waals surface area contributed by atoms with Crippen LogP contribution in [0.2, 0.25) is 0 Å². The van der Waals surface area contributed by atoms with Gasteiger partial charge in [0, 0.05) is 11.1 Å². The lowest BCUT2D eigenvalue weighted by Gasteiger charge is -2.18. The van der Waals surface area contributed by atoms with Gasteiger partial charge in [0.15, 0.2) is 0 Å². The smallest absolute Gasteiger partial charge is 0.0768 e. The molecular formula is C11H14BrNO. The average Bonchev–Trinajstić information content (AvgIpc) is 2.71. The monoisotopic (exact) mass is 255 g/mol. The molecular weight excluding hydrogens is 242 g/mol. The summed E-state index contributed by atoms with van der Waals surface area (Å²) in [6, 6.07) is 8.16. The summed E-state index contributed by atoms with van der Waals surface area (Å²) in [5.41, 5.74) is 7.26. The van der Waals surface area contributed by atoms with Gasteiger partial charge >= 0.3 is 0 Å². The molecule has 2 N–H and O–H groups in total. The molecule has 3 heteroatoms. The maximum atomic E-state index is 6.11. The predicted octanol–water partition coefficient (Wildman–Crippen LogP) is 2.63. The van der Waals surface area contributed by atoms with Crippen molar-refractivity contribution in [2.24, 2.45) is 5.73 Å². The van der Waals surface area contributed by atoms with E-state index in [4.69, 9.17) is 10.5 Å². The van der Waals surface area contributed by atoms with Crippen LogP contribution in [0.3, 0.4) is 0 Å². The summed E-state index contributed by atoms with van der Waals surface area (Å²) in [6.07, 6.45) is 2.42. The Morgan fingerprint density at radius 1 is 1.36 bits per heavy atom. The molecule has 0 spiro atoms. The molecule has 0 bridgehead atoms. The van der Waals surface area contributed by atoms with Gasteiger partial charge in [-0.1, -0.05) is 28.1 Å². The molecule has 0 aliphatic carbocycles. The molecule has 2 atom stereocenters. The minimum atomic E-state index is 0.0191. The van der Waals surface area contributed by atoms with Crippen molar-refractivity contribution in [3.63, 3.8) is 0 Å². The molecule has 1 aromatic carbocycles. The summed E-state index contributed by atoms with van der Waals surface area (Å²) in [6.45, 7) is 0.856. The lowest BCUT2D eigenvalue weighted by molar-refractivity contribution is 0.0900.